The molecule has 1 aromatic rings. The summed E-state index contributed by atoms with van der Waals surface area (Å²) in [5.74, 6) is 0. The van der Waals surface area contributed by atoms with Crippen LogP contribution < -0.4 is 0 Å². The third-order valence-corrected chi connectivity index (χ3v) is 1.53. The minimum absolute atomic E-state index is 0.572. The van der Waals surface area contributed by atoms with Crippen LogP contribution in [-0.2, 0) is 9.47 Å². The molecule has 0 N–H and O–H groups in total. The van der Waals surface area contributed by atoms with Crippen LogP contribution in [0.3, 0.4) is 0 Å². The molecule has 0 aromatic heterocycles. The molecule has 0 bridgehead atoms. The standard InChI is InChI=1S/C8H9NO.C2H6.2HI.V/c1-6-4-3-5-7(2)8(6)9-10;1-2;;;/h3-5H,1-2H3;1-2H3;2*1H;/q;;;;+2/p-2. The summed E-state index contributed by atoms with van der Waals surface area (Å²) in [4.78, 5) is 10.2. The molecule has 0 saturated carbocycles. The molecule has 0 aliphatic heterocycles. The van der Waals surface area contributed by atoms with Crippen molar-refractivity contribution >= 4 is 45.6 Å². The van der Waals surface area contributed by atoms with E-state index in [0.29, 0.717) is 15.2 Å². The number of rotatable bonds is 1. The molecule has 0 aliphatic carbocycles. The topological polar surface area (TPSA) is 29.4 Å². The molecule has 0 atom stereocenters. The summed E-state index contributed by atoms with van der Waals surface area (Å²) in [6.07, 6.45) is 0. The van der Waals surface area contributed by atoms with E-state index in [0.717, 1.165) is 11.1 Å². The van der Waals surface area contributed by atoms with E-state index in [1.807, 2.05) is 45.9 Å². The van der Waals surface area contributed by atoms with Crippen LogP contribution in [0, 0.1) is 18.8 Å². The van der Waals surface area contributed by atoms with E-state index in [4.69, 9.17) is 0 Å². The van der Waals surface area contributed by atoms with Crippen molar-refractivity contribution in [1.82, 2.24) is 0 Å². The summed E-state index contributed by atoms with van der Waals surface area (Å²) in [5.41, 5.74) is 2.45. The molecule has 1 rings (SSSR count). The summed E-state index contributed by atoms with van der Waals surface area (Å²) in [6, 6.07) is 5.67. The second-order valence-corrected chi connectivity index (χ2v) is 14.2. The molecular weight excluding hydrogens is 455 g/mol. The van der Waals surface area contributed by atoms with Gasteiger partial charge in [-0.1, -0.05) is 32.0 Å². The van der Waals surface area contributed by atoms with Crippen LogP contribution in [-0.4, -0.2) is 0 Å². The summed E-state index contributed by atoms with van der Waals surface area (Å²) in [7, 11) is 0.628. The van der Waals surface area contributed by atoms with Crippen molar-refractivity contribution in [3.05, 3.63) is 34.2 Å². The Morgan fingerprint density at radius 3 is 1.67 bits per heavy atom. The number of hydrogen-bond acceptors (Lipinski definition) is 2. The first-order valence-corrected chi connectivity index (χ1v) is 13.5. The second-order valence-electron chi connectivity index (χ2n) is 2.40. The zero-order valence-electron chi connectivity index (χ0n) is 9.29. The van der Waals surface area contributed by atoms with Gasteiger partial charge in [0, 0.05) is 0 Å². The van der Waals surface area contributed by atoms with Gasteiger partial charge in [0.2, 0.25) is 0 Å². The van der Waals surface area contributed by atoms with Crippen molar-refractivity contribution in [1.29, 1.82) is 0 Å². The van der Waals surface area contributed by atoms with Gasteiger partial charge in [-0.2, -0.15) is 0 Å². The van der Waals surface area contributed by atoms with Crippen LogP contribution >= 0.6 is 40.0 Å². The van der Waals surface area contributed by atoms with E-state index < -0.39 is 0 Å². The molecule has 0 aliphatic rings. The first kappa shape index (κ1) is 18.2. The summed E-state index contributed by atoms with van der Waals surface area (Å²) >= 11 is 4.74. The molecule has 85 valence electrons. The van der Waals surface area contributed by atoms with Gasteiger partial charge >= 0.3 is 49.4 Å². The summed E-state index contributed by atoms with van der Waals surface area (Å²) in [6.45, 7) is 7.76. The van der Waals surface area contributed by atoms with E-state index in [1.54, 1.807) is 0 Å². The Morgan fingerprint density at radius 2 is 1.47 bits per heavy atom. The van der Waals surface area contributed by atoms with Gasteiger partial charge < -0.3 is 0 Å². The first-order chi connectivity index (χ1) is 7.17. The molecular formula is C10H15I2NOV. The zero-order valence-corrected chi connectivity index (χ0v) is 15.0. The first-order valence-electron chi connectivity index (χ1n) is 4.49. The van der Waals surface area contributed by atoms with Crippen molar-refractivity contribution in [2.45, 2.75) is 27.7 Å². The molecule has 1 aromatic carbocycles. The molecule has 0 spiro atoms. The molecule has 0 fully saturated rings. The number of aryl methyl sites for hydroxylation is 2. The molecule has 5 heteroatoms. The molecule has 15 heavy (non-hydrogen) atoms. The quantitative estimate of drug-likeness (QED) is 0.394. The van der Waals surface area contributed by atoms with Gasteiger partial charge in [-0.05, 0) is 30.2 Å². The average Bonchev–Trinajstić information content (AvgIpc) is 2.22. The van der Waals surface area contributed by atoms with E-state index >= 15 is 0 Å². The molecule has 2 nitrogen and oxygen atoms in total. The molecule has 0 amide bonds. The Bertz CT molecular complexity index is 262. The van der Waals surface area contributed by atoms with Gasteiger partial charge in [0.05, 0.1) is 0 Å². The van der Waals surface area contributed by atoms with Crippen LogP contribution in [0.1, 0.15) is 25.0 Å². The number of nitrogens with zero attached hydrogens (tertiary/aromatic N) is 1. The van der Waals surface area contributed by atoms with Gasteiger partial charge in [0.15, 0.2) is 0 Å². The Kier molecular flexibility index (Phi) is 15.7. The van der Waals surface area contributed by atoms with E-state index in [2.05, 4.69) is 45.1 Å². The van der Waals surface area contributed by atoms with Gasteiger partial charge in [0.25, 0.3) is 0 Å². The van der Waals surface area contributed by atoms with Crippen LogP contribution in [0.15, 0.2) is 23.4 Å². The Balaban J connectivity index is 0. The van der Waals surface area contributed by atoms with E-state index in [1.165, 1.54) is 0 Å². The van der Waals surface area contributed by atoms with Crippen LogP contribution in [0.4, 0.5) is 5.69 Å². The van der Waals surface area contributed by atoms with Gasteiger partial charge in [-0.15, -0.1) is 4.91 Å². The monoisotopic (exact) mass is 470 g/mol. The average molecular weight is 470 g/mol. The fourth-order valence-electron chi connectivity index (χ4n) is 0.950. The SMILES string of the molecule is CC.Cc1cccc(C)c1N=O.[I][V][I]. The molecule has 0 saturated heterocycles. The maximum absolute atomic E-state index is 10.2. The Labute approximate surface area is 121 Å². The third-order valence-electron chi connectivity index (χ3n) is 1.53. The van der Waals surface area contributed by atoms with Gasteiger partial charge in [-0.25, -0.2) is 0 Å². The summed E-state index contributed by atoms with van der Waals surface area (Å²) < 4.78 is 0. The zero-order chi connectivity index (χ0) is 12.3. The number of nitroso groups, excluding NO2 is 1. The van der Waals surface area contributed by atoms with Crippen molar-refractivity contribution in [2.75, 3.05) is 0 Å². The van der Waals surface area contributed by atoms with Crippen molar-refractivity contribution in [3.63, 3.8) is 0 Å². The maximum atomic E-state index is 10.2. The fraction of sp³-hybridized carbons (Fsp3) is 0.400. The third kappa shape index (κ3) is 8.65. The number of benzene rings is 1. The molecule has 0 unspecified atom stereocenters. The van der Waals surface area contributed by atoms with E-state index in [9.17, 15) is 4.91 Å². The molecule has 0 heterocycles. The van der Waals surface area contributed by atoms with Crippen LogP contribution in [0.25, 0.3) is 0 Å². The summed E-state index contributed by atoms with van der Waals surface area (Å²) in [5, 5.41) is 2.92. The normalized spacial score (nSPS) is 7.60. The minimum atomic E-state index is 0.572. The second kappa shape index (κ2) is 12.9. The Morgan fingerprint density at radius 1 is 1.13 bits per heavy atom. The van der Waals surface area contributed by atoms with Gasteiger partial charge in [-0.3, -0.25) is 0 Å². The van der Waals surface area contributed by atoms with Crippen molar-refractivity contribution in [3.8, 4) is 0 Å². The van der Waals surface area contributed by atoms with Crippen LogP contribution in [0.5, 0.6) is 0 Å². The van der Waals surface area contributed by atoms with Gasteiger partial charge in [0.1, 0.15) is 5.69 Å². The van der Waals surface area contributed by atoms with Crippen LogP contribution in [0.2, 0.25) is 0 Å². The predicted octanol–water partition coefficient (Wildman–Crippen LogP) is 5.50. The molecule has 0 radical (unpaired) electrons. The Hall–Kier alpha value is 0.864. The van der Waals surface area contributed by atoms with Crippen molar-refractivity contribution in [2.24, 2.45) is 5.18 Å². The van der Waals surface area contributed by atoms with Crippen molar-refractivity contribution < 1.29 is 9.47 Å². The fourth-order valence-corrected chi connectivity index (χ4v) is 0.950. The number of halogens is 2. The van der Waals surface area contributed by atoms with E-state index in [-0.39, 0.29) is 0 Å². The predicted molar refractivity (Wildman–Crippen MR) is 80.8 cm³/mol. The number of hydrogen-bond donors (Lipinski definition) is 0.